The summed E-state index contributed by atoms with van der Waals surface area (Å²) >= 11 is 0. The van der Waals surface area contributed by atoms with Crippen molar-refractivity contribution in [1.29, 1.82) is 0 Å². The van der Waals surface area contributed by atoms with E-state index in [4.69, 9.17) is 0 Å². The maximum atomic E-state index is 11.2. The molecule has 14 heteroatoms. The molecule has 0 radical (unpaired) electrons. The first-order valence-corrected chi connectivity index (χ1v) is 10.3. The van der Waals surface area contributed by atoms with Crippen LogP contribution in [0.5, 0.6) is 0 Å². The van der Waals surface area contributed by atoms with Crippen LogP contribution in [0.4, 0.5) is 0 Å². The first-order valence-electron chi connectivity index (χ1n) is 4.85. The maximum absolute atomic E-state index is 11.2. The van der Waals surface area contributed by atoms with E-state index in [-0.39, 0.29) is 96.8 Å². The monoisotopic (exact) mass is 400 g/mol. The molecule has 0 heterocycles. The molecule has 0 aliphatic heterocycles. The fourth-order valence-corrected chi connectivity index (χ4v) is 4.93. The van der Waals surface area contributed by atoms with Crippen LogP contribution in [0.1, 0.15) is 23.1 Å². The van der Waals surface area contributed by atoms with Crippen LogP contribution in [-0.2, 0) is 36.3 Å². The molecule has 0 unspecified atom stereocenters. The summed E-state index contributed by atoms with van der Waals surface area (Å²) in [6.07, 6.45) is -0.867. The summed E-state index contributed by atoms with van der Waals surface area (Å²) in [5.41, 5.74) is 0. The number of hydrogen-bond acceptors (Lipinski definition) is 10. The van der Waals surface area contributed by atoms with Gasteiger partial charge < -0.3 is 2.85 Å². The third-order valence-corrected chi connectivity index (χ3v) is 6.24. The Hall–Kier alpha value is 1.86. The van der Waals surface area contributed by atoms with Crippen molar-refractivity contribution in [1.82, 2.24) is 0 Å². The minimum absolute atomic E-state index is 0. The van der Waals surface area contributed by atoms with Crippen molar-refractivity contribution in [3.63, 3.8) is 0 Å². The topological polar surface area (TPSA) is 121 Å². The Bertz CT molecular complexity index is 491. The van der Waals surface area contributed by atoms with Crippen molar-refractivity contribution in [3.05, 3.63) is 0 Å². The van der Waals surface area contributed by atoms with E-state index in [0.717, 1.165) is 0 Å². The molecule has 0 aromatic rings. The van der Waals surface area contributed by atoms with E-state index in [0.29, 0.717) is 0 Å². The first kappa shape index (κ1) is 27.7. The standard InChI is InChI=1S/C7H12O8S4.2Na.2H/c1-3-14-18(10,11)16-6(8)5-7(9)17-19(12,13)15-4-2;;;;/h3-5H2,1-2H3;;;;/q;2*+1;2*-1. The van der Waals surface area contributed by atoms with Gasteiger partial charge in [-0.15, -0.1) is 0 Å². The minimum atomic E-state index is -4.11. The molecule has 0 saturated carbocycles. The predicted molar refractivity (Wildman–Crippen MR) is 73.1 cm³/mol. The van der Waals surface area contributed by atoms with E-state index in [1.54, 1.807) is 0 Å². The van der Waals surface area contributed by atoms with Gasteiger partial charge in [0.15, 0.2) is 0 Å². The van der Waals surface area contributed by atoms with E-state index < -0.39 is 35.0 Å². The Labute approximate surface area is 178 Å². The summed E-state index contributed by atoms with van der Waals surface area (Å²) in [6, 6.07) is 0. The first-order chi connectivity index (χ1) is 8.62. The molecule has 116 valence electrons. The number of hydrogen-bond donors (Lipinski definition) is 0. The molecule has 0 aromatic carbocycles. The Morgan fingerprint density at radius 1 is 0.857 bits per heavy atom. The van der Waals surface area contributed by atoms with Crippen LogP contribution in [0.25, 0.3) is 0 Å². The summed E-state index contributed by atoms with van der Waals surface area (Å²) in [7, 11) is -8.54. The zero-order valence-electron chi connectivity index (χ0n) is 14.0. The molecular weight excluding hydrogens is 386 g/mol. The van der Waals surface area contributed by atoms with Crippen LogP contribution in [-0.4, -0.2) is 40.3 Å². The van der Waals surface area contributed by atoms with Gasteiger partial charge in [0.05, 0.1) is 41.2 Å². The summed E-state index contributed by atoms with van der Waals surface area (Å²) in [5.74, 6) is 0. The third kappa shape index (κ3) is 15.1. The largest absolute Gasteiger partial charge is 1.00 e. The van der Waals surface area contributed by atoms with E-state index in [2.05, 4.69) is 8.37 Å². The van der Waals surface area contributed by atoms with Crippen LogP contribution in [0.15, 0.2) is 0 Å². The van der Waals surface area contributed by atoms with Crippen molar-refractivity contribution in [2.45, 2.75) is 20.3 Å². The third-order valence-electron chi connectivity index (χ3n) is 1.20. The fraction of sp³-hybridized carbons (Fsp3) is 0.714. The van der Waals surface area contributed by atoms with E-state index in [1.807, 2.05) is 0 Å². The predicted octanol–water partition coefficient (Wildman–Crippen LogP) is -5.31. The van der Waals surface area contributed by atoms with Crippen molar-refractivity contribution in [2.24, 2.45) is 0 Å². The smallest absolute Gasteiger partial charge is 1.00 e. The number of carbonyl (C=O) groups is 2. The SMILES string of the molecule is CCOS(=O)(=O)SC(=O)CC(=O)SS(=O)(=O)OCC.[H-].[H-].[Na+].[Na+]. The van der Waals surface area contributed by atoms with Gasteiger partial charge in [0.2, 0.25) is 10.2 Å². The van der Waals surface area contributed by atoms with Gasteiger partial charge in [-0.1, -0.05) is 0 Å². The van der Waals surface area contributed by atoms with Gasteiger partial charge in [0.1, 0.15) is 0 Å². The van der Waals surface area contributed by atoms with Crippen LogP contribution in [0.2, 0.25) is 0 Å². The van der Waals surface area contributed by atoms with Crippen molar-refractivity contribution >= 4 is 50.1 Å². The van der Waals surface area contributed by atoms with E-state index in [1.165, 1.54) is 13.8 Å². The molecule has 0 aliphatic rings. The molecule has 0 atom stereocenters. The van der Waals surface area contributed by atoms with Crippen molar-refractivity contribution in [3.8, 4) is 0 Å². The van der Waals surface area contributed by atoms with Crippen LogP contribution >= 0.6 is 21.6 Å². The second-order valence-corrected chi connectivity index (χ2v) is 9.51. The molecule has 21 heavy (non-hydrogen) atoms. The van der Waals surface area contributed by atoms with Gasteiger partial charge in [0, 0.05) is 0 Å². The Kier molecular flexibility index (Phi) is 17.4. The molecule has 8 nitrogen and oxygen atoms in total. The van der Waals surface area contributed by atoms with Gasteiger partial charge in [0.25, 0.3) is 0 Å². The minimum Gasteiger partial charge on any atom is -1.00 e. The molecule has 0 rings (SSSR count). The molecule has 0 bridgehead atoms. The van der Waals surface area contributed by atoms with Crippen molar-refractivity contribution in [2.75, 3.05) is 13.2 Å². The quantitative estimate of drug-likeness (QED) is 0.222. The van der Waals surface area contributed by atoms with E-state index >= 15 is 0 Å². The second-order valence-electron chi connectivity index (χ2n) is 2.72. The van der Waals surface area contributed by atoms with Crippen LogP contribution in [0.3, 0.4) is 0 Å². The fourth-order valence-electron chi connectivity index (χ4n) is 0.741. The zero-order valence-corrected chi connectivity index (χ0v) is 19.3. The van der Waals surface area contributed by atoms with Gasteiger partial charge >= 0.3 is 77.4 Å². The van der Waals surface area contributed by atoms with Crippen LogP contribution < -0.4 is 59.1 Å². The summed E-state index contributed by atoms with van der Waals surface area (Å²) < 4.78 is 52.8. The van der Waals surface area contributed by atoms with Crippen LogP contribution in [0, 0.1) is 0 Å². The van der Waals surface area contributed by atoms with Gasteiger partial charge in [-0.05, 0) is 13.8 Å². The molecular formula is C7H14Na2O8S4. The molecule has 0 fully saturated rings. The maximum Gasteiger partial charge on any atom is 1.00 e. The molecule has 0 aromatic heterocycles. The zero-order chi connectivity index (χ0) is 15.1. The molecule has 0 amide bonds. The number of carbonyl (C=O) groups excluding carboxylic acids is 2. The average molecular weight is 400 g/mol. The molecule has 0 spiro atoms. The van der Waals surface area contributed by atoms with Gasteiger partial charge in [-0.3, -0.25) is 18.0 Å². The van der Waals surface area contributed by atoms with E-state index in [9.17, 15) is 26.4 Å². The Morgan fingerprint density at radius 3 is 1.38 bits per heavy atom. The van der Waals surface area contributed by atoms with Crippen molar-refractivity contribution < 1.29 is 96.8 Å². The Morgan fingerprint density at radius 2 is 1.14 bits per heavy atom. The van der Waals surface area contributed by atoms with Gasteiger partial charge in [-0.25, -0.2) is 0 Å². The second kappa shape index (κ2) is 13.2. The summed E-state index contributed by atoms with van der Waals surface area (Å²) in [4.78, 5) is 22.4. The molecule has 0 aliphatic carbocycles. The normalized spacial score (nSPS) is 11.1. The van der Waals surface area contributed by atoms with Gasteiger partial charge in [-0.2, -0.15) is 16.8 Å². The Balaban J connectivity index is -0.000000270. The molecule has 0 saturated heterocycles. The summed E-state index contributed by atoms with van der Waals surface area (Å²) in [6.45, 7) is 2.53. The number of rotatable bonds is 8. The summed E-state index contributed by atoms with van der Waals surface area (Å²) in [5, 5.41) is -2.06. The molecule has 0 N–H and O–H groups in total. The average Bonchev–Trinajstić information content (AvgIpc) is 2.13.